The van der Waals surface area contributed by atoms with Crippen LogP contribution in [-0.2, 0) is 4.79 Å². The zero-order valence-electron chi connectivity index (χ0n) is 11.3. The summed E-state index contributed by atoms with van der Waals surface area (Å²) < 4.78 is 0. The van der Waals surface area contributed by atoms with Gasteiger partial charge in [-0.25, -0.2) is 4.79 Å². The molecule has 1 aromatic rings. The van der Waals surface area contributed by atoms with Gasteiger partial charge in [0.2, 0.25) is 5.91 Å². The van der Waals surface area contributed by atoms with Crippen LogP contribution in [0.3, 0.4) is 0 Å². The monoisotopic (exact) mass is 264 g/mol. The quantitative estimate of drug-likeness (QED) is 0.732. The van der Waals surface area contributed by atoms with Gasteiger partial charge in [0.25, 0.3) is 0 Å². The second-order valence-electron chi connectivity index (χ2n) is 4.66. The Balaban J connectivity index is 2.78. The van der Waals surface area contributed by atoms with E-state index in [-0.39, 0.29) is 17.4 Å². The van der Waals surface area contributed by atoms with Crippen molar-refractivity contribution in [2.24, 2.45) is 11.7 Å². The van der Waals surface area contributed by atoms with Crippen molar-refractivity contribution in [2.75, 3.05) is 11.9 Å². The van der Waals surface area contributed by atoms with Crippen molar-refractivity contribution >= 4 is 17.6 Å². The molecule has 19 heavy (non-hydrogen) atoms. The number of carbonyl (C=O) groups is 2. The Morgan fingerprint density at radius 1 is 1.42 bits per heavy atom. The third kappa shape index (κ3) is 4.37. The third-order valence-electron chi connectivity index (χ3n) is 3.03. The largest absolute Gasteiger partial charge is 0.478 e. The van der Waals surface area contributed by atoms with Crippen LogP contribution in [0.15, 0.2) is 18.2 Å². The van der Waals surface area contributed by atoms with E-state index in [0.29, 0.717) is 12.2 Å². The Morgan fingerprint density at radius 3 is 2.68 bits per heavy atom. The van der Waals surface area contributed by atoms with E-state index in [1.807, 2.05) is 13.8 Å². The topological polar surface area (TPSA) is 92.4 Å². The Bertz CT molecular complexity index is 472. The first-order chi connectivity index (χ1) is 8.95. The van der Waals surface area contributed by atoms with E-state index in [0.717, 1.165) is 18.4 Å². The summed E-state index contributed by atoms with van der Waals surface area (Å²) in [4.78, 5) is 22.9. The van der Waals surface area contributed by atoms with Gasteiger partial charge in [-0.3, -0.25) is 4.79 Å². The Hall–Kier alpha value is -1.88. The van der Waals surface area contributed by atoms with Gasteiger partial charge in [0.05, 0.1) is 5.56 Å². The van der Waals surface area contributed by atoms with Crippen LogP contribution in [0.5, 0.6) is 0 Å². The molecule has 1 amide bonds. The number of hydrogen-bond donors (Lipinski definition) is 3. The second-order valence-corrected chi connectivity index (χ2v) is 4.66. The van der Waals surface area contributed by atoms with Crippen LogP contribution in [0.1, 0.15) is 35.7 Å². The second kappa shape index (κ2) is 6.89. The van der Waals surface area contributed by atoms with Crippen LogP contribution >= 0.6 is 0 Å². The van der Waals surface area contributed by atoms with Crippen molar-refractivity contribution in [3.8, 4) is 0 Å². The molecule has 0 heterocycles. The van der Waals surface area contributed by atoms with E-state index in [4.69, 9.17) is 10.8 Å². The molecule has 0 saturated heterocycles. The maximum Gasteiger partial charge on any atom is 0.335 e. The summed E-state index contributed by atoms with van der Waals surface area (Å²) in [7, 11) is 0. The van der Waals surface area contributed by atoms with Gasteiger partial charge in [-0.05, 0) is 44.0 Å². The summed E-state index contributed by atoms with van der Waals surface area (Å²) in [6.45, 7) is 4.22. The zero-order chi connectivity index (χ0) is 14.4. The molecule has 0 aliphatic heterocycles. The van der Waals surface area contributed by atoms with Crippen LogP contribution in [0.25, 0.3) is 0 Å². The molecule has 4 N–H and O–H groups in total. The highest BCUT2D eigenvalue weighted by atomic mass is 16.4. The molecule has 1 aromatic carbocycles. The number of amides is 1. The molecule has 1 unspecified atom stereocenters. The number of aryl methyl sites for hydroxylation is 1. The SMILES string of the molecule is Cc1ccc(C(=O)O)cc1NC(=O)C(C)CCCN. The van der Waals surface area contributed by atoms with Gasteiger partial charge >= 0.3 is 5.97 Å². The smallest absolute Gasteiger partial charge is 0.335 e. The van der Waals surface area contributed by atoms with E-state index in [2.05, 4.69) is 5.32 Å². The summed E-state index contributed by atoms with van der Waals surface area (Å²) in [6.07, 6.45) is 1.52. The molecule has 1 rings (SSSR count). The minimum atomic E-state index is -1.01. The van der Waals surface area contributed by atoms with Gasteiger partial charge in [0, 0.05) is 11.6 Å². The van der Waals surface area contributed by atoms with Gasteiger partial charge in [0.15, 0.2) is 0 Å². The summed E-state index contributed by atoms with van der Waals surface area (Å²) in [5, 5.41) is 11.7. The van der Waals surface area contributed by atoms with E-state index in [9.17, 15) is 9.59 Å². The molecule has 0 radical (unpaired) electrons. The predicted octanol–water partition coefficient (Wildman–Crippen LogP) is 2.01. The summed E-state index contributed by atoms with van der Waals surface area (Å²) in [6, 6.07) is 4.68. The average molecular weight is 264 g/mol. The first-order valence-corrected chi connectivity index (χ1v) is 6.30. The maximum absolute atomic E-state index is 12.0. The van der Waals surface area contributed by atoms with Crippen LogP contribution in [0.2, 0.25) is 0 Å². The number of hydrogen-bond acceptors (Lipinski definition) is 3. The Kier molecular flexibility index (Phi) is 5.51. The van der Waals surface area contributed by atoms with E-state index in [1.165, 1.54) is 12.1 Å². The van der Waals surface area contributed by atoms with Crippen LogP contribution in [0, 0.1) is 12.8 Å². The van der Waals surface area contributed by atoms with Crippen LogP contribution < -0.4 is 11.1 Å². The summed E-state index contributed by atoms with van der Waals surface area (Å²) in [5.41, 5.74) is 6.96. The molecule has 5 nitrogen and oxygen atoms in total. The standard InChI is InChI=1S/C14H20N2O3/c1-9-5-6-11(14(18)19)8-12(9)16-13(17)10(2)4-3-7-15/h5-6,8,10H,3-4,7,15H2,1-2H3,(H,16,17)(H,18,19). The average Bonchev–Trinajstić information content (AvgIpc) is 2.38. The van der Waals surface area contributed by atoms with Gasteiger partial charge in [-0.1, -0.05) is 13.0 Å². The lowest BCUT2D eigenvalue weighted by molar-refractivity contribution is -0.119. The van der Waals surface area contributed by atoms with Crippen molar-refractivity contribution < 1.29 is 14.7 Å². The van der Waals surface area contributed by atoms with Crippen molar-refractivity contribution in [3.63, 3.8) is 0 Å². The van der Waals surface area contributed by atoms with Gasteiger partial charge in [-0.2, -0.15) is 0 Å². The number of carboxylic acid groups (broad SMARTS) is 1. The molecule has 0 aromatic heterocycles. The maximum atomic E-state index is 12.0. The summed E-state index contributed by atoms with van der Waals surface area (Å²) >= 11 is 0. The number of aromatic carboxylic acids is 1. The number of nitrogens with two attached hydrogens (primary N) is 1. The van der Waals surface area contributed by atoms with Crippen molar-refractivity contribution in [1.29, 1.82) is 0 Å². The zero-order valence-corrected chi connectivity index (χ0v) is 11.3. The fourth-order valence-electron chi connectivity index (χ4n) is 1.70. The first kappa shape index (κ1) is 15.2. The molecule has 0 aliphatic carbocycles. The molecule has 0 spiro atoms. The number of carbonyl (C=O) groups excluding carboxylic acids is 1. The Labute approximate surface area is 112 Å². The lowest BCUT2D eigenvalue weighted by Gasteiger charge is -2.13. The van der Waals surface area contributed by atoms with Gasteiger partial charge < -0.3 is 16.2 Å². The van der Waals surface area contributed by atoms with Gasteiger partial charge in [-0.15, -0.1) is 0 Å². The number of rotatable bonds is 6. The molecular formula is C14H20N2O3. The van der Waals surface area contributed by atoms with Crippen molar-refractivity contribution in [2.45, 2.75) is 26.7 Å². The lowest BCUT2D eigenvalue weighted by atomic mass is 10.0. The van der Waals surface area contributed by atoms with Crippen molar-refractivity contribution in [1.82, 2.24) is 0 Å². The molecule has 1 atom stereocenters. The lowest BCUT2D eigenvalue weighted by Crippen LogP contribution is -2.21. The molecule has 0 aliphatic rings. The fraction of sp³-hybridized carbons (Fsp3) is 0.429. The molecular weight excluding hydrogens is 244 g/mol. The highest BCUT2D eigenvalue weighted by molar-refractivity contribution is 5.95. The van der Waals surface area contributed by atoms with E-state index in [1.54, 1.807) is 6.07 Å². The van der Waals surface area contributed by atoms with Gasteiger partial charge in [0.1, 0.15) is 0 Å². The predicted molar refractivity (Wildman–Crippen MR) is 74.2 cm³/mol. The fourth-order valence-corrected chi connectivity index (χ4v) is 1.70. The third-order valence-corrected chi connectivity index (χ3v) is 3.03. The first-order valence-electron chi connectivity index (χ1n) is 6.30. The Morgan fingerprint density at radius 2 is 2.11 bits per heavy atom. The molecule has 0 fully saturated rings. The molecule has 5 heteroatoms. The molecule has 0 bridgehead atoms. The van der Waals surface area contributed by atoms with Crippen molar-refractivity contribution in [3.05, 3.63) is 29.3 Å². The number of benzene rings is 1. The highest BCUT2D eigenvalue weighted by Gasteiger charge is 2.14. The number of nitrogens with one attached hydrogen (secondary N) is 1. The minimum absolute atomic E-state index is 0.112. The summed E-state index contributed by atoms with van der Waals surface area (Å²) in [5.74, 6) is -1.26. The van der Waals surface area contributed by atoms with Crippen LogP contribution in [-0.4, -0.2) is 23.5 Å². The van der Waals surface area contributed by atoms with Crippen LogP contribution in [0.4, 0.5) is 5.69 Å². The minimum Gasteiger partial charge on any atom is -0.478 e. The van der Waals surface area contributed by atoms with E-state index >= 15 is 0 Å². The number of carboxylic acids is 1. The highest BCUT2D eigenvalue weighted by Crippen LogP contribution is 2.18. The van der Waals surface area contributed by atoms with E-state index < -0.39 is 5.97 Å². The molecule has 0 saturated carbocycles. The molecule has 104 valence electrons. The number of anilines is 1. The normalized spacial score (nSPS) is 11.9.